The molecule has 0 bridgehead atoms. The number of benzene rings is 1. The average Bonchev–Trinajstić information content (AvgIpc) is 3.58. The van der Waals surface area contributed by atoms with Crippen molar-refractivity contribution in [3.63, 3.8) is 0 Å². The molecule has 0 radical (unpaired) electrons. The summed E-state index contributed by atoms with van der Waals surface area (Å²) in [6, 6.07) is 9.67. The normalized spacial score (nSPS) is 24.7. The predicted octanol–water partition coefficient (Wildman–Crippen LogP) is 2.33. The summed E-state index contributed by atoms with van der Waals surface area (Å²) < 4.78 is 0. The maximum Gasteiger partial charge on any atom is 0.317 e. The zero-order valence-electron chi connectivity index (χ0n) is 16.5. The van der Waals surface area contributed by atoms with E-state index < -0.39 is 5.60 Å². The highest BCUT2D eigenvalue weighted by atomic mass is 16.3. The highest BCUT2D eigenvalue weighted by molar-refractivity contribution is 5.81. The van der Waals surface area contributed by atoms with Crippen molar-refractivity contribution in [3.8, 4) is 0 Å². The number of carbonyl (C=O) groups is 2. The molecule has 1 aromatic rings. The number of piperidine rings is 2. The van der Waals surface area contributed by atoms with Crippen LogP contribution in [0.2, 0.25) is 0 Å². The number of likely N-dealkylation sites (tertiary alicyclic amines) is 2. The van der Waals surface area contributed by atoms with Crippen LogP contribution in [-0.4, -0.2) is 59.6 Å². The number of hydrogen-bond donors (Lipinski definition) is 2. The fourth-order valence-electron chi connectivity index (χ4n) is 4.48. The van der Waals surface area contributed by atoms with Crippen molar-refractivity contribution in [2.75, 3.05) is 32.7 Å². The average molecular weight is 386 g/mol. The van der Waals surface area contributed by atoms with Gasteiger partial charge in [-0.2, -0.15) is 0 Å². The van der Waals surface area contributed by atoms with Crippen LogP contribution in [-0.2, 0) is 10.4 Å². The second-order valence-corrected chi connectivity index (χ2v) is 8.64. The van der Waals surface area contributed by atoms with E-state index in [0.717, 1.165) is 44.3 Å². The molecule has 1 atom stereocenters. The zero-order valence-corrected chi connectivity index (χ0v) is 16.5. The fourth-order valence-corrected chi connectivity index (χ4v) is 4.48. The smallest absolute Gasteiger partial charge is 0.317 e. The monoisotopic (exact) mass is 385 g/mol. The van der Waals surface area contributed by atoms with Gasteiger partial charge in [0.1, 0.15) is 0 Å². The molecular weight excluding hydrogens is 354 g/mol. The van der Waals surface area contributed by atoms with Crippen LogP contribution in [0.5, 0.6) is 0 Å². The first-order valence-corrected chi connectivity index (χ1v) is 10.6. The van der Waals surface area contributed by atoms with Gasteiger partial charge in [0.25, 0.3) is 0 Å². The molecule has 6 nitrogen and oxygen atoms in total. The molecular formula is C22H31N3O3. The molecule has 2 aliphatic heterocycles. The Hall–Kier alpha value is -2.08. The lowest BCUT2D eigenvalue weighted by Gasteiger charge is -2.39. The van der Waals surface area contributed by atoms with Gasteiger partial charge in [-0.1, -0.05) is 30.3 Å². The van der Waals surface area contributed by atoms with Gasteiger partial charge in [-0.05, 0) is 50.0 Å². The molecule has 2 heterocycles. The van der Waals surface area contributed by atoms with Crippen molar-refractivity contribution < 1.29 is 14.7 Å². The number of carbonyl (C=O) groups excluding carboxylic acids is 2. The summed E-state index contributed by atoms with van der Waals surface area (Å²) in [6.45, 7) is 3.35. The van der Waals surface area contributed by atoms with Crippen LogP contribution in [0.25, 0.3) is 0 Å². The topological polar surface area (TPSA) is 72.9 Å². The van der Waals surface area contributed by atoms with Crippen molar-refractivity contribution in [2.24, 2.45) is 11.8 Å². The Bertz CT molecular complexity index is 696. The minimum absolute atomic E-state index is 0.0549. The number of amides is 3. The molecule has 6 heteroatoms. The summed E-state index contributed by atoms with van der Waals surface area (Å²) in [7, 11) is 0. The van der Waals surface area contributed by atoms with Gasteiger partial charge in [0.15, 0.2) is 0 Å². The Kier molecular flexibility index (Phi) is 5.58. The molecule has 0 aromatic heterocycles. The minimum atomic E-state index is -0.842. The Morgan fingerprint density at radius 3 is 2.43 bits per heavy atom. The third-order valence-corrected chi connectivity index (χ3v) is 6.49. The van der Waals surface area contributed by atoms with Gasteiger partial charge in [0.2, 0.25) is 5.91 Å². The number of rotatable bonds is 4. The van der Waals surface area contributed by atoms with Crippen LogP contribution in [0.4, 0.5) is 4.79 Å². The van der Waals surface area contributed by atoms with Crippen LogP contribution >= 0.6 is 0 Å². The molecule has 1 aromatic carbocycles. The Balaban J connectivity index is 1.23. The molecule has 1 unspecified atom stereocenters. The van der Waals surface area contributed by atoms with Crippen LogP contribution in [0, 0.1) is 11.8 Å². The van der Waals surface area contributed by atoms with Gasteiger partial charge in [-0.3, -0.25) is 4.79 Å². The van der Waals surface area contributed by atoms with E-state index in [1.807, 2.05) is 35.2 Å². The summed E-state index contributed by atoms with van der Waals surface area (Å²) >= 11 is 0. The summed E-state index contributed by atoms with van der Waals surface area (Å²) in [5, 5.41) is 14.0. The van der Waals surface area contributed by atoms with Crippen LogP contribution in [0.15, 0.2) is 30.3 Å². The lowest BCUT2D eigenvalue weighted by Crippen LogP contribution is -2.50. The van der Waals surface area contributed by atoms with Gasteiger partial charge >= 0.3 is 6.03 Å². The molecule has 152 valence electrons. The molecule has 28 heavy (non-hydrogen) atoms. The quantitative estimate of drug-likeness (QED) is 0.836. The third-order valence-electron chi connectivity index (χ3n) is 6.49. The minimum Gasteiger partial charge on any atom is -0.385 e. The highest BCUT2D eigenvalue weighted by Gasteiger charge is 2.37. The van der Waals surface area contributed by atoms with Crippen molar-refractivity contribution in [2.45, 2.75) is 44.1 Å². The molecule has 2 saturated heterocycles. The Labute approximate surface area is 166 Å². The van der Waals surface area contributed by atoms with E-state index in [0.29, 0.717) is 44.3 Å². The summed E-state index contributed by atoms with van der Waals surface area (Å²) in [5.41, 5.74) is 0.0862. The maximum absolute atomic E-state index is 12.6. The lowest BCUT2D eigenvalue weighted by atomic mass is 9.84. The van der Waals surface area contributed by atoms with Crippen LogP contribution in [0.3, 0.4) is 0 Å². The molecule has 2 N–H and O–H groups in total. The summed E-state index contributed by atoms with van der Waals surface area (Å²) in [4.78, 5) is 28.6. The van der Waals surface area contributed by atoms with Gasteiger partial charge < -0.3 is 20.2 Å². The number of nitrogens with zero attached hydrogens (tertiary/aromatic N) is 2. The van der Waals surface area contributed by atoms with E-state index in [9.17, 15) is 14.7 Å². The van der Waals surface area contributed by atoms with Crippen LogP contribution < -0.4 is 5.32 Å². The summed E-state index contributed by atoms with van der Waals surface area (Å²) in [6.07, 6.45) is 5.27. The molecule has 0 spiro atoms. The van der Waals surface area contributed by atoms with Crippen molar-refractivity contribution >= 4 is 11.9 Å². The van der Waals surface area contributed by atoms with E-state index in [-0.39, 0.29) is 11.9 Å². The second kappa shape index (κ2) is 8.11. The van der Waals surface area contributed by atoms with Gasteiger partial charge in [-0.25, -0.2) is 4.79 Å². The number of nitrogens with one attached hydrogen (secondary N) is 1. The fraction of sp³-hybridized carbons (Fsp3) is 0.636. The van der Waals surface area contributed by atoms with E-state index in [2.05, 4.69) is 5.32 Å². The van der Waals surface area contributed by atoms with Gasteiger partial charge in [-0.15, -0.1) is 0 Å². The first kappa shape index (κ1) is 19.2. The van der Waals surface area contributed by atoms with E-state index in [1.165, 1.54) is 0 Å². The van der Waals surface area contributed by atoms with Crippen molar-refractivity contribution in [3.05, 3.63) is 35.9 Å². The molecule has 3 fully saturated rings. The predicted molar refractivity (Wildman–Crippen MR) is 107 cm³/mol. The lowest BCUT2D eigenvalue weighted by molar-refractivity contribution is -0.134. The molecule has 3 aliphatic rings. The maximum atomic E-state index is 12.6. The largest absolute Gasteiger partial charge is 0.385 e. The van der Waals surface area contributed by atoms with Crippen molar-refractivity contribution in [1.29, 1.82) is 0 Å². The molecule has 4 rings (SSSR count). The zero-order chi connectivity index (χ0) is 19.6. The first-order valence-electron chi connectivity index (χ1n) is 10.6. The molecule has 1 saturated carbocycles. The Morgan fingerprint density at radius 2 is 1.75 bits per heavy atom. The van der Waals surface area contributed by atoms with E-state index in [1.54, 1.807) is 4.90 Å². The van der Waals surface area contributed by atoms with Gasteiger partial charge in [0.05, 0.1) is 5.60 Å². The standard InChI is InChI=1S/C22H31N3O3/c26-20(18-8-9-18)25-12-4-5-17(16-25)15-23-21(27)24-13-10-22(28,11-14-24)19-6-2-1-3-7-19/h1-3,6-7,17-18,28H,4-5,8-16H2,(H,23,27). The SMILES string of the molecule is O=C(NCC1CCCN(C(=O)C2CC2)C1)N1CCC(O)(c2ccccc2)CC1. The number of urea groups is 1. The molecule has 3 amide bonds. The molecule has 1 aliphatic carbocycles. The number of aliphatic hydroxyl groups is 1. The van der Waals surface area contributed by atoms with Crippen LogP contribution in [0.1, 0.15) is 44.1 Å². The summed E-state index contributed by atoms with van der Waals surface area (Å²) in [5.74, 6) is 0.920. The van der Waals surface area contributed by atoms with E-state index >= 15 is 0 Å². The number of hydrogen-bond acceptors (Lipinski definition) is 3. The Morgan fingerprint density at radius 1 is 1.04 bits per heavy atom. The first-order chi connectivity index (χ1) is 13.5. The van der Waals surface area contributed by atoms with E-state index in [4.69, 9.17) is 0 Å². The second-order valence-electron chi connectivity index (χ2n) is 8.64. The third kappa shape index (κ3) is 4.32. The van der Waals surface area contributed by atoms with Gasteiger partial charge in [0, 0.05) is 38.6 Å². The van der Waals surface area contributed by atoms with Crippen molar-refractivity contribution in [1.82, 2.24) is 15.1 Å². The highest BCUT2D eigenvalue weighted by Crippen LogP contribution is 2.33.